The minimum atomic E-state index is 0.489. The molecule has 92 valence electrons. The second-order valence-electron chi connectivity index (χ2n) is 3.56. The standard InChI is InChI=1S/C13H11Cl2N3/c14-9-6-7-11(12(15)8-9)13(18-16)17-10-4-2-1-3-5-10/h1-8H,16H2,(H,17,18). The van der Waals surface area contributed by atoms with Crippen LogP contribution in [0.15, 0.2) is 53.5 Å². The summed E-state index contributed by atoms with van der Waals surface area (Å²) in [6.07, 6.45) is 0. The summed E-state index contributed by atoms with van der Waals surface area (Å²) in [7, 11) is 0. The van der Waals surface area contributed by atoms with Gasteiger partial charge < -0.3 is 5.43 Å². The second kappa shape index (κ2) is 5.87. The third-order valence-electron chi connectivity index (χ3n) is 2.32. The molecule has 0 unspecified atom stereocenters. The first-order chi connectivity index (χ1) is 8.70. The summed E-state index contributed by atoms with van der Waals surface area (Å²) < 4.78 is 0. The Morgan fingerprint density at radius 3 is 2.39 bits per heavy atom. The zero-order valence-electron chi connectivity index (χ0n) is 9.40. The number of hydrogen-bond acceptors (Lipinski definition) is 2. The number of rotatable bonds is 2. The van der Waals surface area contributed by atoms with Gasteiger partial charge in [0.2, 0.25) is 0 Å². The van der Waals surface area contributed by atoms with Crippen molar-refractivity contribution in [3.05, 3.63) is 64.1 Å². The molecule has 0 aliphatic carbocycles. The van der Waals surface area contributed by atoms with Crippen molar-refractivity contribution in [2.75, 3.05) is 0 Å². The number of nitrogens with two attached hydrogens (primary N) is 1. The quantitative estimate of drug-likeness (QED) is 0.382. The van der Waals surface area contributed by atoms with Crippen molar-refractivity contribution < 1.29 is 0 Å². The van der Waals surface area contributed by atoms with E-state index < -0.39 is 0 Å². The van der Waals surface area contributed by atoms with Crippen LogP contribution in [-0.4, -0.2) is 5.84 Å². The van der Waals surface area contributed by atoms with Gasteiger partial charge in [-0.2, -0.15) is 0 Å². The summed E-state index contributed by atoms with van der Waals surface area (Å²) in [5.74, 6) is 5.98. The van der Waals surface area contributed by atoms with Gasteiger partial charge in [-0.15, -0.1) is 0 Å². The maximum Gasteiger partial charge on any atom is 0.149 e. The molecule has 0 bridgehead atoms. The van der Waals surface area contributed by atoms with Crippen LogP contribution >= 0.6 is 23.2 Å². The Hall–Kier alpha value is -1.55. The molecule has 0 saturated carbocycles. The normalized spacial score (nSPS) is 11.4. The maximum absolute atomic E-state index is 6.11. The molecule has 0 amide bonds. The number of nitrogens with one attached hydrogen (secondary N) is 1. The van der Waals surface area contributed by atoms with E-state index in [0.29, 0.717) is 21.4 Å². The van der Waals surface area contributed by atoms with E-state index in [-0.39, 0.29) is 0 Å². The minimum Gasteiger partial charge on any atom is -0.308 e. The molecular formula is C13H11Cl2N3. The lowest BCUT2D eigenvalue weighted by atomic mass is 10.2. The third kappa shape index (κ3) is 3.01. The molecule has 0 heterocycles. The summed E-state index contributed by atoms with van der Waals surface area (Å²) in [4.78, 5) is 4.39. The number of benzene rings is 2. The van der Waals surface area contributed by atoms with Crippen LogP contribution in [0.4, 0.5) is 5.69 Å². The summed E-state index contributed by atoms with van der Waals surface area (Å²) in [5.41, 5.74) is 4.04. The summed E-state index contributed by atoms with van der Waals surface area (Å²) in [6.45, 7) is 0. The van der Waals surface area contributed by atoms with Gasteiger partial charge in [0.1, 0.15) is 5.84 Å². The van der Waals surface area contributed by atoms with E-state index in [2.05, 4.69) is 10.4 Å². The Bertz CT molecular complexity index is 568. The Morgan fingerprint density at radius 2 is 1.78 bits per heavy atom. The molecule has 18 heavy (non-hydrogen) atoms. The van der Waals surface area contributed by atoms with E-state index in [1.807, 2.05) is 30.3 Å². The van der Waals surface area contributed by atoms with E-state index in [1.54, 1.807) is 18.2 Å². The lowest BCUT2D eigenvalue weighted by molar-refractivity contribution is 1.02. The molecule has 5 heteroatoms. The first-order valence-corrected chi connectivity index (χ1v) is 6.02. The van der Waals surface area contributed by atoms with E-state index >= 15 is 0 Å². The van der Waals surface area contributed by atoms with Crippen LogP contribution in [0.25, 0.3) is 0 Å². The summed E-state index contributed by atoms with van der Waals surface area (Å²) in [6, 6.07) is 14.6. The average Bonchev–Trinajstić information content (AvgIpc) is 2.38. The van der Waals surface area contributed by atoms with Crippen LogP contribution in [0.3, 0.4) is 0 Å². The number of halogens is 2. The fraction of sp³-hybridized carbons (Fsp3) is 0. The van der Waals surface area contributed by atoms with Crippen LogP contribution in [0.2, 0.25) is 10.0 Å². The molecule has 0 saturated heterocycles. The van der Waals surface area contributed by atoms with Gasteiger partial charge in [-0.3, -0.25) is 0 Å². The van der Waals surface area contributed by atoms with Gasteiger partial charge in [-0.1, -0.05) is 41.4 Å². The second-order valence-corrected chi connectivity index (χ2v) is 4.41. The van der Waals surface area contributed by atoms with Crippen molar-refractivity contribution in [2.24, 2.45) is 10.8 Å². The fourth-order valence-electron chi connectivity index (χ4n) is 1.48. The number of para-hydroxylation sites is 1. The zero-order valence-corrected chi connectivity index (χ0v) is 10.9. The van der Waals surface area contributed by atoms with Crippen LogP contribution in [-0.2, 0) is 0 Å². The molecule has 3 N–H and O–H groups in total. The van der Waals surface area contributed by atoms with Crippen LogP contribution in [0, 0.1) is 0 Å². The predicted molar refractivity (Wildman–Crippen MR) is 76.4 cm³/mol. The summed E-state index contributed by atoms with van der Waals surface area (Å²) >= 11 is 12.0. The Kier molecular flexibility index (Phi) is 4.20. The average molecular weight is 280 g/mol. The van der Waals surface area contributed by atoms with Gasteiger partial charge in [-0.05, 0) is 30.3 Å². The van der Waals surface area contributed by atoms with E-state index in [4.69, 9.17) is 29.0 Å². The van der Waals surface area contributed by atoms with E-state index in [9.17, 15) is 0 Å². The molecule has 3 nitrogen and oxygen atoms in total. The molecule has 2 rings (SSSR count). The summed E-state index contributed by atoms with van der Waals surface area (Å²) in [5, 5.41) is 1.06. The number of hydrazine groups is 1. The highest BCUT2D eigenvalue weighted by atomic mass is 35.5. The van der Waals surface area contributed by atoms with Crippen molar-refractivity contribution in [2.45, 2.75) is 0 Å². The maximum atomic E-state index is 6.11. The van der Waals surface area contributed by atoms with Gasteiger partial charge in [-0.25, -0.2) is 10.8 Å². The van der Waals surface area contributed by atoms with Gasteiger partial charge in [0.05, 0.1) is 10.7 Å². The van der Waals surface area contributed by atoms with Crippen molar-refractivity contribution >= 4 is 34.7 Å². The number of hydrogen-bond donors (Lipinski definition) is 2. The number of nitrogens with zero attached hydrogens (tertiary/aromatic N) is 1. The molecule has 0 aliphatic heterocycles. The fourth-order valence-corrected chi connectivity index (χ4v) is 1.98. The first kappa shape index (κ1) is 12.9. The molecule has 0 atom stereocenters. The Morgan fingerprint density at radius 1 is 1.06 bits per heavy atom. The van der Waals surface area contributed by atoms with Crippen LogP contribution < -0.4 is 11.3 Å². The number of aliphatic imine (C=N–C) groups is 1. The molecule has 2 aromatic rings. The lowest BCUT2D eigenvalue weighted by Crippen LogP contribution is -2.31. The Balaban J connectivity index is 2.42. The van der Waals surface area contributed by atoms with Gasteiger partial charge >= 0.3 is 0 Å². The van der Waals surface area contributed by atoms with Gasteiger partial charge in [0, 0.05) is 10.6 Å². The highest BCUT2D eigenvalue weighted by Crippen LogP contribution is 2.22. The predicted octanol–water partition coefficient (Wildman–Crippen LogP) is 3.54. The SMILES string of the molecule is NNC(=Nc1ccccc1)c1ccc(Cl)cc1Cl. The molecule has 2 aromatic carbocycles. The first-order valence-electron chi connectivity index (χ1n) is 5.26. The van der Waals surface area contributed by atoms with E-state index in [1.165, 1.54) is 0 Å². The molecule has 0 spiro atoms. The zero-order chi connectivity index (χ0) is 13.0. The van der Waals surface area contributed by atoms with Crippen LogP contribution in [0.1, 0.15) is 5.56 Å². The minimum absolute atomic E-state index is 0.489. The largest absolute Gasteiger partial charge is 0.308 e. The van der Waals surface area contributed by atoms with Crippen molar-refractivity contribution in [3.8, 4) is 0 Å². The smallest absolute Gasteiger partial charge is 0.149 e. The van der Waals surface area contributed by atoms with Crippen molar-refractivity contribution in [1.29, 1.82) is 0 Å². The molecule has 0 radical (unpaired) electrons. The highest BCUT2D eigenvalue weighted by Gasteiger charge is 2.07. The topological polar surface area (TPSA) is 50.4 Å². The van der Waals surface area contributed by atoms with Gasteiger partial charge in [0.15, 0.2) is 0 Å². The van der Waals surface area contributed by atoms with E-state index in [0.717, 1.165) is 5.69 Å². The molecular weight excluding hydrogens is 269 g/mol. The Labute approximate surface area is 115 Å². The monoisotopic (exact) mass is 279 g/mol. The van der Waals surface area contributed by atoms with Crippen molar-refractivity contribution in [3.63, 3.8) is 0 Å². The third-order valence-corrected chi connectivity index (χ3v) is 2.87. The molecule has 0 aliphatic rings. The lowest BCUT2D eigenvalue weighted by Gasteiger charge is -2.08. The highest BCUT2D eigenvalue weighted by molar-refractivity contribution is 6.37. The molecule has 0 fully saturated rings. The van der Waals surface area contributed by atoms with Crippen molar-refractivity contribution in [1.82, 2.24) is 5.43 Å². The number of amidine groups is 1. The van der Waals surface area contributed by atoms with Crippen LogP contribution in [0.5, 0.6) is 0 Å². The molecule has 0 aromatic heterocycles. The van der Waals surface area contributed by atoms with Gasteiger partial charge in [0.25, 0.3) is 0 Å².